The van der Waals surface area contributed by atoms with Gasteiger partial charge in [-0.1, -0.05) is 19.3 Å². The third-order valence-electron chi connectivity index (χ3n) is 3.76. The molecule has 6 heteroatoms. The quantitative estimate of drug-likeness (QED) is 0.857. The predicted octanol–water partition coefficient (Wildman–Crippen LogP) is 2.25. The van der Waals surface area contributed by atoms with Crippen LogP contribution >= 0.6 is 0 Å². The highest BCUT2D eigenvalue weighted by molar-refractivity contribution is 5.71. The second-order valence-corrected chi connectivity index (χ2v) is 5.04. The normalized spacial score (nSPS) is 15.4. The van der Waals surface area contributed by atoms with E-state index in [1.807, 2.05) is 0 Å². The van der Waals surface area contributed by atoms with Crippen molar-refractivity contribution in [3.63, 3.8) is 0 Å². The minimum absolute atomic E-state index is 0.352. The van der Waals surface area contributed by atoms with Gasteiger partial charge in [-0.05, 0) is 41.0 Å². The van der Waals surface area contributed by atoms with Crippen molar-refractivity contribution in [2.45, 2.75) is 32.2 Å². The number of rotatable bonds is 4. The lowest BCUT2D eigenvalue weighted by Gasteiger charge is -2.24. The summed E-state index contributed by atoms with van der Waals surface area (Å²) < 4.78 is 14.8. The molecule has 1 fully saturated rings. The van der Waals surface area contributed by atoms with Gasteiger partial charge >= 0.3 is 0 Å². The van der Waals surface area contributed by atoms with E-state index in [2.05, 4.69) is 15.5 Å². The Morgan fingerprint density at radius 1 is 1.37 bits per heavy atom. The molecule has 2 aromatic rings. The molecule has 0 aliphatic heterocycles. The van der Waals surface area contributed by atoms with E-state index in [0.717, 1.165) is 18.9 Å². The molecule has 0 amide bonds. The molecule has 2 N–H and O–H groups in total. The summed E-state index contributed by atoms with van der Waals surface area (Å²) in [6, 6.07) is 4.28. The molecule has 0 saturated heterocycles. The van der Waals surface area contributed by atoms with Crippen molar-refractivity contribution < 1.29 is 4.39 Å². The maximum atomic E-state index is 13.1. The van der Waals surface area contributed by atoms with Crippen LogP contribution in [0.25, 0.3) is 11.4 Å². The molecule has 0 atom stereocenters. The number of hydrogen-bond donors (Lipinski definition) is 1. The zero-order valence-electron chi connectivity index (χ0n) is 10.6. The van der Waals surface area contributed by atoms with Crippen molar-refractivity contribution in [2.75, 3.05) is 5.73 Å². The smallest absolute Gasteiger partial charge is 0.184 e. The Bertz CT molecular complexity index is 576. The average Bonchev–Trinajstić information content (AvgIpc) is 2.75. The summed E-state index contributed by atoms with van der Waals surface area (Å²) in [6.07, 6.45) is 5.02. The number of nitrogens with two attached hydrogens (primary N) is 1. The van der Waals surface area contributed by atoms with Crippen molar-refractivity contribution in [1.29, 1.82) is 0 Å². The van der Waals surface area contributed by atoms with Gasteiger partial charge in [-0.2, -0.15) is 0 Å². The van der Waals surface area contributed by atoms with Crippen molar-refractivity contribution in [1.82, 2.24) is 20.2 Å². The number of hydrogen-bond acceptors (Lipinski definition) is 4. The summed E-state index contributed by atoms with van der Waals surface area (Å²) in [5.41, 5.74) is 6.87. The van der Waals surface area contributed by atoms with E-state index in [0.29, 0.717) is 17.1 Å². The molecule has 0 bridgehead atoms. The van der Waals surface area contributed by atoms with Crippen LogP contribution in [0.3, 0.4) is 0 Å². The Labute approximate surface area is 110 Å². The maximum Gasteiger partial charge on any atom is 0.184 e. The number of nitrogen functional groups attached to an aromatic ring is 1. The van der Waals surface area contributed by atoms with Gasteiger partial charge in [-0.15, -0.1) is 5.10 Å². The topological polar surface area (TPSA) is 69.6 Å². The molecule has 0 unspecified atom stereocenters. The van der Waals surface area contributed by atoms with Crippen molar-refractivity contribution in [3.8, 4) is 11.4 Å². The average molecular weight is 261 g/mol. The van der Waals surface area contributed by atoms with Crippen LogP contribution in [0.5, 0.6) is 0 Å². The molecule has 0 spiro atoms. The van der Waals surface area contributed by atoms with Gasteiger partial charge in [0.1, 0.15) is 5.82 Å². The van der Waals surface area contributed by atoms with Gasteiger partial charge in [0, 0.05) is 17.8 Å². The van der Waals surface area contributed by atoms with E-state index in [-0.39, 0.29) is 5.82 Å². The van der Waals surface area contributed by atoms with E-state index < -0.39 is 0 Å². The molecule has 19 heavy (non-hydrogen) atoms. The molecule has 5 nitrogen and oxygen atoms in total. The molecular weight excluding hydrogens is 245 g/mol. The van der Waals surface area contributed by atoms with Crippen LogP contribution in [0.15, 0.2) is 18.2 Å². The van der Waals surface area contributed by atoms with Gasteiger partial charge in [0.15, 0.2) is 5.82 Å². The molecule has 100 valence electrons. The first-order chi connectivity index (χ1) is 9.24. The fourth-order valence-electron chi connectivity index (χ4n) is 2.37. The lowest BCUT2D eigenvalue weighted by atomic mass is 9.83. The minimum Gasteiger partial charge on any atom is -0.398 e. The Morgan fingerprint density at radius 2 is 2.21 bits per heavy atom. The third-order valence-corrected chi connectivity index (χ3v) is 3.76. The monoisotopic (exact) mass is 261 g/mol. The molecule has 1 aliphatic carbocycles. The Kier molecular flexibility index (Phi) is 3.15. The van der Waals surface area contributed by atoms with E-state index in [4.69, 9.17) is 5.73 Å². The van der Waals surface area contributed by atoms with E-state index in [1.54, 1.807) is 10.7 Å². The van der Waals surface area contributed by atoms with E-state index >= 15 is 0 Å². The summed E-state index contributed by atoms with van der Waals surface area (Å²) in [6.45, 7) is 0.782. The fourth-order valence-corrected chi connectivity index (χ4v) is 2.37. The zero-order chi connectivity index (χ0) is 13.2. The van der Waals surface area contributed by atoms with Gasteiger partial charge in [-0.3, -0.25) is 0 Å². The minimum atomic E-state index is -0.352. The number of tetrazole rings is 1. The van der Waals surface area contributed by atoms with Gasteiger partial charge in [0.05, 0.1) is 0 Å². The summed E-state index contributed by atoms with van der Waals surface area (Å²) in [4.78, 5) is 0. The van der Waals surface area contributed by atoms with Crippen LogP contribution in [0.1, 0.15) is 25.7 Å². The lowest BCUT2D eigenvalue weighted by Crippen LogP contribution is -2.15. The number of nitrogens with zero attached hydrogens (tertiary/aromatic N) is 4. The van der Waals surface area contributed by atoms with Crippen LogP contribution < -0.4 is 5.73 Å². The number of halogens is 1. The van der Waals surface area contributed by atoms with Crippen LogP contribution in [-0.4, -0.2) is 20.2 Å². The summed E-state index contributed by atoms with van der Waals surface area (Å²) in [7, 11) is 0. The van der Waals surface area contributed by atoms with Crippen molar-refractivity contribution in [3.05, 3.63) is 24.0 Å². The van der Waals surface area contributed by atoms with Crippen molar-refractivity contribution in [2.24, 2.45) is 5.92 Å². The number of aryl methyl sites for hydroxylation is 1. The second-order valence-electron chi connectivity index (χ2n) is 5.04. The molecule has 1 aliphatic rings. The zero-order valence-corrected chi connectivity index (χ0v) is 10.6. The van der Waals surface area contributed by atoms with Crippen molar-refractivity contribution >= 4 is 5.69 Å². The SMILES string of the molecule is Nc1cc(F)ccc1-c1nnnn1CCC1CCC1. The summed E-state index contributed by atoms with van der Waals surface area (Å²) >= 11 is 0. The number of benzene rings is 1. The molecule has 0 radical (unpaired) electrons. The largest absolute Gasteiger partial charge is 0.398 e. The second kappa shape index (κ2) is 4.95. The van der Waals surface area contributed by atoms with Gasteiger partial charge < -0.3 is 5.73 Å². The highest BCUT2D eigenvalue weighted by Crippen LogP contribution is 2.30. The molecule has 1 aromatic carbocycles. The Balaban J connectivity index is 1.81. The van der Waals surface area contributed by atoms with Crippen LogP contribution in [0.2, 0.25) is 0 Å². The van der Waals surface area contributed by atoms with Crippen LogP contribution in [0.4, 0.5) is 10.1 Å². The van der Waals surface area contributed by atoms with E-state index in [1.165, 1.54) is 31.4 Å². The van der Waals surface area contributed by atoms with E-state index in [9.17, 15) is 4.39 Å². The van der Waals surface area contributed by atoms with Crippen LogP contribution in [0, 0.1) is 11.7 Å². The molecule has 1 heterocycles. The maximum absolute atomic E-state index is 13.1. The lowest BCUT2D eigenvalue weighted by molar-refractivity contribution is 0.277. The summed E-state index contributed by atoms with van der Waals surface area (Å²) in [5.74, 6) is 1.05. The fraction of sp³-hybridized carbons (Fsp3) is 0.462. The molecular formula is C13H16FN5. The molecule has 1 saturated carbocycles. The highest BCUT2D eigenvalue weighted by Gasteiger charge is 2.19. The Hall–Kier alpha value is -1.98. The third kappa shape index (κ3) is 2.43. The van der Waals surface area contributed by atoms with Gasteiger partial charge in [0.2, 0.25) is 0 Å². The molecule has 1 aromatic heterocycles. The first-order valence-corrected chi connectivity index (χ1v) is 6.55. The number of aromatic nitrogens is 4. The first kappa shape index (κ1) is 12.1. The molecule has 3 rings (SSSR count). The predicted molar refractivity (Wildman–Crippen MR) is 69.6 cm³/mol. The van der Waals surface area contributed by atoms with Gasteiger partial charge in [0.25, 0.3) is 0 Å². The van der Waals surface area contributed by atoms with Crippen LogP contribution in [-0.2, 0) is 6.54 Å². The summed E-state index contributed by atoms with van der Waals surface area (Å²) in [5, 5.41) is 11.7. The highest BCUT2D eigenvalue weighted by atomic mass is 19.1. The Morgan fingerprint density at radius 3 is 2.89 bits per heavy atom. The number of anilines is 1. The first-order valence-electron chi connectivity index (χ1n) is 6.55. The standard InChI is InChI=1S/C13H16FN5/c14-10-4-5-11(12(15)8-10)13-16-17-18-19(13)7-6-9-2-1-3-9/h4-5,8-9H,1-3,6-7,15H2. The van der Waals surface area contributed by atoms with Gasteiger partial charge in [-0.25, -0.2) is 9.07 Å².